The second-order valence-electron chi connectivity index (χ2n) is 7.29. The number of methoxy groups -OCH3 is 2. The molecule has 8 heteroatoms. The highest BCUT2D eigenvalue weighted by Crippen LogP contribution is 2.47. The first kappa shape index (κ1) is 20.2. The van der Waals surface area contributed by atoms with E-state index in [1.165, 1.54) is 0 Å². The van der Waals surface area contributed by atoms with Crippen LogP contribution in [0.5, 0.6) is 17.4 Å². The standard InChI is InChI=1S/C23H23N5O3/c1-28(2)14-7-5-13(6-8-14)19-17(12-24)22(25)31-23-20(19)21(26-27-23)16-11-15(29-3)9-10-18(16)30-4/h5-11,19H,25H2,1-4H3,(H,26,27)/t19-/m0/s1. The monoisotopic (exact) mass is 417 g/mol. The van der Waals surface area contributed by atoms with Gasteiger partial charge in [0.25, 0.3) is 0 Å². The summed E-state index contributed by atoms with van der Waals surface area (Å²) in [5, 5.41) is 17.3. The first-order valence-electron chi connectivity index (χ1n) is 9.64. The number of fused-ring (bicyclic) bond motifs is 1. The Balaban J connectivity index is 1.93. The molecule has 1 atom stereocenters. The van der Waals surface area contributed by atoms with E-state index >= 15 is 0 Å². The van der Waals surface area contributed by atoms with Crippen molar-refractivity contribution in [2.24, 2.45) is 5.73 Å². The number of ether oxygens (including phenoxy) is 3. The van der Waals surface area contributed by atoms with Crippen LogP contribution in [0, 0.1) is 11.3 Å². The molecule has 1 aliphatic heterocycles. The summed E-state index contributed by atoms with van der Waals surface area (Å²) in [5.41, 5.74) is 10.5. The van der Waals surface area contributed by atoms with Crippen molar-refractivity contribution in [3.63, 3.8) is 0 Å². The van der Waals surface area contributed by atoms with E-state index in [2.05, 4.69) is 16.3 Å². The van der Waals surface area contributed by atoms with Crippen molar-refractivity contribution in [3.05, 3.63) is 65.0 Å². The Kier molecular flexibility index (Phi) is 5.17. The van der Waals surface area contributed by atoms with Gasteiger partial charge in [-0.1, -0.05) is 12.1 Å². The summed E-state index contributed by atoms with van der Waals surface area (Å²) in [6.07, 6.45) is 0. The number of nitriles is 1. The smallest absolute Gasteiger partial charge is 0.244 e. The first-order valence-corrected chi connectivity index (χ1v) is 9.64. The third-order valence-electron chi connectivity index (χ3n) is 5.36. The third kappa shape index (κ3) is 3.40. The van der Waals surface area contributed by atoms with E-state index in [9.17, 15) is 5.26 Å². The average Bonchev–Trinajstić information content (AvgIpc) is 3.20. The van der Waals surface area contributed by atoms with Crippen molar-refractivity contribution >= 4 is 5.69 Å². The maximum atomic E-state index is 9.89. The molecule has 3 aromatic rings. The largest absolute Gasteiger partial charge is 0.497 e. The maximum absolute atomic E-state index is 9.89. The Morgan fingerprint density at radius 1 is 1.13 bits per heavy atom. The molecule has 1 aromatic heterocycles. The minimum atomic E-state index is -0.449. The lowest BCUT2D eigenvalue weighted by Crippen LogP contribution is -2.21. The lowest BCUT2D eigenvalue weighted by molar-refractivity contribution is 0.379. The highest BCUT2D eigenvalue weighted by atomic mass is 16.5. The predicted octanol–water partition coefficient (Wildman–Crippen LogP) is 3.38. The molecule has 1 aliphatic rings. The van der Waals surface area contributed by atoms with Gasteiger partial charge in [0.05, 0.1) is 31.4 Å². The Hall–Kier alpha value is -4.12. The highest BCUT2D eigenvalue weighted by Gasteiger charge is 2.36. The number of rotatable bonds is 5. The SMILES string of the molecule is COc1ccc(OC)c(-c2[nH]nc3c2[C@@H](c2ccc(N(C)C)cc2)C(C#N)=C(N)O3)c1. The van der Waals surface area contributed by atoms with Crippen molar-refractivity contribution in [2.45, 2.75) is 5.92 Å². The van der Waals surface area contributed by atoms with E-state index in [0.717, 1.165) is 22.4 Å². The zero-order valence-corrected chi connectivity index (χ0v) is 17.8. The quantitative estimate of drug-likeness (QED) is 0.655. The molecule has 0 aliphatic carbocycles. The molecular weight excluding hydrogens is 394 g/mol. The first-order chi connectivity index (χ1) is 15.0. The average molecular weight is 417 g/mol. The van der Waals surface area contributed by atoms with Gasteiger partial charge >= 0.3 is 0 Å². The summed E-state index contributed by atoms with van der Waals surface area (Å²) in [6.45, 7) is 0. The molecule has 0 amide bonds. The molecule has 0 spiro atoms. The van der Waals surface area contributed by atoms with Crippen LogP contribution in [-0.4, -0.2) is 38.5 Å². The van der Waals surface area contributed by atoms with E-state index < -0.39 is 5.92 Å². The van der Waals surface area contributed by atoms with Gasteiger partial charge in [-0.25, -0.2) is 0 Å². The van der Waals surface area contributed by atoms with Crippen LogP contribution in [0.1, 0.15) is 17.0 Å². The normalized spacial score (nSPS) is 15.0. The van der Waals surface area contributed by atoms with Crippen LogP contribution in [-0.2, 0) is 0 Å². The molecule has 2 aromatic carbocycles. The van der Waals surface area contributed by atoms with Crippen molar-refractivity contribution in [2.75, 3.05) is 33.2 Å². The molecule has 0 saturated heterocycles. The van der Waals surface area contributed by atoms with E-state index in [1.54, 1.807) is 14.2 Å². The number of H-pyrrole nitrogens is 1. The maximum Gasteiger partial charge on any atom is 0.244 e. The number of aromatic nitrogens is 2. The molecule has 8 nitrogen and oxygen atoms in total. The molecule has 31 heavy (non-hydrogen) atoms. The number of nitrogens with one attached hydrogen (secondary N) is 1. The fourth-order valence-electron chi connectivity index (χ4n) is 3.76. The third-order valence-corrected chi connectivity index (χ3v) is 5.36. The molecule has 3 N–H and O–H groups in total. The Morgan fingerprint density at radius 2 is 1.87 bits per heavy atom. The number of benzene rings is 2. The van der Waals surface area contributed by atoms with Gasteiger partial charge in [-0.15, -0.1) is 5.10 Å². The molecule has 4 rings (SSSR count). The number of hydrogen-bond donors (Lipinski definition) is 2. The van der Waals surface area contributed by atoms with Crippen molar-refractivity contribution in [1.29, 1.82) is 5.26 Å². The molecule has 0 bridgehead atoms. The molecule has 158 valence electrons. The number of aromatic amines is 1. The van der Waals surface area contributed by atoms with Gasteiger partial charge in [0.2, 0.25) is 11.8 Å². The van der Waals surface area contributed by atoms with Crippen molar-refractivity contribution < 1.29 is 14.2 Å². The minimum Gasteiger partial charge on any atom is -0.497 e. The molecule has 2 heterocycles. The van der Waals surface area contributed by atoms with Gasteiger partial charge in [0.1, 0.15) is 23.1 Å². The van der Waals surface area contributed by atoms with E-state index in [-0.39, 0.29) is 5.88 Å². The molecule has 0 saturated carbocycles. The van der Waals surface area contributed by atoms with Crippen molar-refractivity contribution in [3.8, 4) is 34.7 Å². The summed E-state index contributed by atoms with van der Waals surface area (Å²) in [5.74, 6) is 1.23. The summed E-state index contributed by atoms with van der Waals surface area (Å²) in [6, 6.07) is 15.7. The topological polar surface area (TPSA) is 109 Å². The summed E-state index contributed by atoms with van der Waals surface area (Å²) >= 11 is 0. The van der Waals surface area contributed by atoms with Gasteiger partial charge < -0.3 is 24.8 Å². The second kappa shape index (κ2) is 7.95. The van der Waals surface area contributed by atoms with Crippen LogP contribution in [0.4, 0.5) is 5.69 Å². The predicted molar refractivity (Wildman–Crippen MR) is 117 cm³/mol. The van der Waals surface area contributed by atoms with Gasteiger partial charge in [-0.05, 0) is 35.9 Å². The van der Waals surface area contributed by atoms with Gasteiger partial charge in [-0.3, -0.25) is 5.10 Å². The van der Waals surface area contributed by atoms with E-state index in [0.29, 0.717) is 28.6 Å². The number of nitrogens with two attached hydrogens (primary N) is 1. The van der Waals surface area contributed by atoms with E-state index in [1.807, 2.05) is 61.5 Å². The van der Waals surface area contributed by atoms with Gasteiger partial charge in [0, 0.05) is 25.3 Å². The summed E-state index contributed by atoms with van der Waals surface area (Å²) in [4.78, 5) is 2.01. The Bertz CT molecular complexity index is 1190. The number of nitrogens with zero attached hydrogens (tertiary/aromatic N) is 3. The summed E-state index contributed by atoms with van der Waals surface area (Å²) in [7, 11) is 7.15. The van der Waals surface area contributed by atoms with Crippen LogP contribution in [0.3, 0.4) is 0 Å². The molecular formula is C23H23N5O3. The number of anilines is 1. The Morgan fingerprint density at radius 3 is 2.48 bits per heavy atom. The van der Waals surface area contributed by atoms with Crippen LogP contribution < -0.4 is 24.8 Å². The molecule has 0 fully saturated rings. The number of hydrogen-bond acceptors (Lipinski definition) is 7. The van der Waals surface area contributed by atoms with E-state index in [4.69, 9.17) is 19.9 Å². The van der Waals surface area contributed by atoms with Crippen LogP contribution >= 0.6 is 0 Å². The Labute approximate surface area is 180 Å². The lowest BCUT2D eigenvalue weighted by Gasteiger charge is -2.25. The lowest BCUT2D eigenvalue weighted by atomic mass is 9.83. The minimum absolute atomic E-state index is 0.0485. The zero-order valence-electron chi connectivity index (χ0n) is 17.8. The van der Waals surface area contributed by atoms with Gasteiger partial charge in [0.15, 0.2) is 0 Å². The van der Waals surface area contributed by atoms with Crippen LogP contribution in [0.2, 0.25) is 0 Å². The fraction of sp³-hybridized carbons (Fsp3) is 0.217. The zero-order chi connectivity index (χ0) is 22.1. The fourth-order valence-corrected chi connectivity index (χ4v) is 3.76. The van der Waals surface area contributed by atoms with Crippen LogP contribution in [0.15, 0.2) is 53.9 Å². The second-order valence-corrected chi connectivity index (χ2v) is 7.29. The van der Waals surface area contributed by atoms with Crippen LogP contribution in [0.25, 0.3) is 11.3 Å². The highest BCUT2D eigenvalue weighted by molar-refractivity contribution is 5.76. The van der Waals surface area contributed by atoms with Gasteiger partial charge in [-0.2, -0.15) is 5.26 Å². The molecule has 0 unspecified atom stereocenters. The number of allylic oxidation sites excluding steroid dienone is 1. The summed E-state index contributed by atoms with van der Waals surface area (Å²) < 4.78 is 16.7. The molecule has 0 radical (unpaired) electrons. The van der Waals surface area contributed by atoms with Crippen molar-refractivity contribution in [1.82, 2.24) is 10.2 Å².